The second-order valence-corrected chi connectivity index (χ2v) is 8.24. The second-order valence-electron chi connectivity index (χ2n) is 8.24. The summed E-state index contributed by atoms with van der Waals surface area (Å²) in [6.45, 7) is 9.93. The van der Waals surface area contributed by atoms with Crippen LogP contribution in [0.5, 0.6) is 0 Å². The van der Waals surface area contributed by atoms with E-state index in [9.17, 15) is 0 Å². The van der Waals surface area contributed by atoms with E-state index < -0.39 is 0 Å². The Morgan fingerprint density at radius 3 is 2.14 bits per heavy atom. The number of hydrogen-bond acceptors (Lipinski definition) is 4. The van der Waals surface area contributed by atoms with Gasteiger partial charge in [-0.15, -0.1) is 0 Å². The molecular formula is C18H30O4. The lowest BCUT2D eigenvalue weighted by Gasteiger charge is -2.56. The van der Waals surface area contributed by atoms with E-state index in [1.807, 2.05) is 0 Å². The molecule has 0 bridgehead atoms. The molecule has 126 valence electrons. The summed E-state index contributed by atoms with van der Waals surface area (Å²) in [6, 6.07) is 0. The summed E-state index contributed by atoms with van der Waals surface area (Å²) in [5.41, 5.74) is 0.422. The predicted octanol–water partition coefficient (Wildman–Crippen LogP) is 3.35. The van der Waals surface area contributed by atoms with Crippen molar-refractivity contribution in [2.75, 3.05) is 26.4 Å². The number of hydrogen-bond donors (Lipinski definition) is 0. The maximum atomic E-state index is 6.09. The van der Waals surface area contributed by atoms with Gasteiger partial charge in [-0.3, -0.25) is 0 Å². The molecule has 4 nitrogen and oxygen atoms in total. The van der Waals surface area contributed by atoms with Crippen LogP contribution in [0.4, 0.5) is 0 Å². The monoisotopic (exact) mass is 310 g/mol. The fourth-order valence-electron chi connectivity index (χ4n) is 5.63. The van der Waals surface area contributed by atoms with Crippen LogP contribution in [-0.2, 0) is 18.9 Å². The van der Waals surface area contributed by atoms with Gasteiger partial charge in [0, 0.05) is 18.3 Å². The van der Waals surface area contributed by atoms with Crippen LogP contribution >= 0.6 is 0 Å². The van der Waals surface area contributed by atoms with E-state index in [2.05, 4.69) is 20.8 Å². The van der Waals surface area contributed by atoms with Crippen LogP contribution < -0.4 is 0 Å². The Labute approximate surface area is 133 Å². The van der Waals surface area contributed by atoms with Crippen LogP contribution in [0, 0.1) is 23.2 Å². The SMILES string of the molecule is C[C@H]1[C@@H]2C[C@H](C3(C)OCCO3)CC[C@]2(C)CCC12OCCO2. The molecule has 0 aromatic rings. The molecule has 0 aromatic carbocycles. The van der Waals surface area contributed by atoms with Crippen molar-refractivity contribution in [3.63, 3.8) is 0 Å². The number of ether oxygens (including phenoxy) is 4. The molecule has 4 atom stereocenters. The molecule has 2 aliphatic carbocycles. The van der Waals surface area contributed by atoms with Gasteiger partial charge in [-0.05, 0) is 43.9 Å². The minimum absolute atomic E-state index is 0.315. The van der Waals surface area contributed by atoms with E-state index in [0.29, 0.717) is 23.2 Å². The number of fused-ring (bicyclic) bond motifs is 1. The molecule has 0 amide bonds. The molecule has 2 saturated carbocycles. The van der Waals surface area contributed by atoms with E-state index in [4.69, 9.17) is 18.9 Å². The molecule has 4 fully saturated rings. The molecule has 0 N–H and O–H groups in total. The summed E-state index contributed by atoms with van der Waals surface area (Å²) >= 11 is 0. The van der Waals surface area contributed by atoms with Crippen LogP contribution in [0.25, 0.3) is 0 Å². The lowest BCUT2D eigenvalue weighted by molar-refractivity contribution is -0.262. The fraction of sp³-hybridized carbons (Fsp3) is 1.00. The largest absolute Gasteiger partial charge is 0.348 e. The fourth-order valence-corrected chi connectivity index (χ4v) is 5.63. The van der Waals surface area contributed by atoms with Gasteiger partial charge in [-0.2, -0.15) is 0 Å². The highest BCUT2D eigenvalue weighted by atomic mass is 16.7. The highest BCUT2D eigenvalue weighted by Gasteiger charge is 2.58. The van der Waals surface area contributed by atoms with Crippen molar-refractivity contribution >= 4 is 0 Å². The van der Waals surface area contributed by atoms with Gasteiger partial charge >= 0.3 is 0 Å². The normalized spacial score (nSPS) is 46.8. The molecule has 0 unspecified atom stereocenters. The van der Waals surface area contributed by atoms with Crippen molar-refractivity contribution < 1.29 is 18.9 Å². The summed E-state index contributed by atoms with van der Waals surface area (Å²) in [5, 5.41) is 0. The predicted molar refractivity (Wildman–Crippen MR) is 82.3 cm³/mol. The van der Waals surface area contributed by atoms with Gasteiger partial charge in [0.1, 0.15) is 0 Å². The van der Waals surface area contributed by atoms with E-state index in [1.54, 1.807) is 0 Å². The first-order chi connectivity index (χ1) is 10.5. The molecule has 2 aliphatic heterocycles. The van der Waals surface area contributed by atoms with E-state index in [0.717, 1.165) is 32.8 Å². The summed E-state index contributed by atoms with van der Waals surface area (Å²) < 4.78 is 24.1. The highest BCUT2D eigenvalue weighted by Crippen LogP contribution is 2.59. The summed E-state index contributed by atoms with van der Waals surface area (Å²) in [4.78, 5) is 0. The quantitative estimate of drug-likeness (QED) is 0.744. The first kappa shape index (κ1) is 15.4. The number of rotatable bonds is 1. The van der Waals surface area contributed by atoms with Gasteiger partial charge in [0.25, 0.3) is 0 Å². The molecule has 22 heavy (non-hydrogen) atoms. The first-order valence-corrected chi connectivity index (χ1v) is 9.03. The van der Waals surface area contributed by atoms with E-state index in [-0.39, 0.29) is 11.6 Å². The minimum atomic E-state index is -0.372. The molecule has 1 spiro atoms. The van der Waals surface area contributed by atoms with Crippen molar-refractivity contribution in [2.45, 2.75) is 64.4 Å². The Morgan fingerprint density at radius 1 is 0.818 bits per heavy atom. The molecule has 0 aromatic heterocycles. The van der Waals surface area contributed by atoms with Gasteiger partial charge in [0.15, 0.2) is 11.6 Å². The first-order valence-electron chi connectivity index (χ1n) is 9.03. The lowest BCUT2D eigenvalue weighted by atomic mass is 9.53. The zero-order chi connectivity index (χ0) is 15.4. The third kappa shape index (κ3) is 2.18. The zero-order valence-corrected chi connectivity index (χ0v) is 14.2. The van der Waals surface area contributed by atoms with Crippen LogP contribution in [0.1, 0.15) is 52.9 Å². The molecule has 4 aliphatic rings. The average molecular weight is 310 g/mol. The zero-order valence-electron chi connectivity index (χ0n) is 14.2. The van der Waals surface area contributed by atoms with Crippen molar-refractivity contribution in [3.05, 3.63) is 0 Å². The van der Waals surface area contributed by atoms with Gasteiger partial charge in [0.05, 0.1) is 26.4 Å². The van der Waals surface area contributed by atoms with Crippen molar-refractivity contribution in [1.29, 1.82) is 0 Å². The molecule has 0 radical (unpaired) electrons. The van der Waals surface area contributed by atoms with E-state index in [1.165, 1.54) is 25.7 Å². The van der Waals surface area contributed by atoms with E-state index >= 15 is 0 Å². The third-order valence-electron chi connectivity index (χ3n) is 7.22. The standard InChI is InChI=1S/C18H30O4/c1-13-15-12-14(17(3)19-8-9-20-17)4-5-16(15,2)6-7-18(13)21-10-11-22-18/h13-15H,4-12H2,1-3H3/t13-,14+,15-,16+/m0/s1. The third-order valence-corrected chi connectivity index (χ3v) is 7.22. The average Bonchev–Trinajstić information content (AvgIpc) is 3.15. The molecule has 2 saturated heterocycles. The van der Waals surface area contributed by atoms with Gasteiger partial charge in [-0.1, -0.05) is 13.8 Å². The van der Waals surface area contributed by atoms with Crippen LogP contribution in [0.15, 0.2) is 0 Å². The Morgan fingerprint density at radius 2 is 1.45 bits per heavy atom. The smallest absolute Gasteiger partial charge is 0.171 e. The Hall–Kier alpha value is -0.160. The van der Waals surface area contributed by atoms with Gasteiger partial charge in [0.2, 0.25) is 0 Å². The van der Waals surface area contributed by atoms with Crippen LogP contribution in [0.2, 0.25) is 0 Å². The molecule has 4 rings (SSSR count). The lowest BCUT2D eigenvalue weighted by Crippen LogP contribution is -2.55. The summed E-state index contributed by atoms with van der Waals surface area (Å²) in [5.74, 6) is 0.879. The van der Waals surface area contributed by atoms with Crippen LogP contribution in [-0.4, -0.2) is 38.0 Å². The van der Waals surface area contributed by atoms with Crippen molar-refractivity contribution in [2.24, 2.45) is 23.2 Å². The Bertz CT molecular complexity index is 425. The topological polar surface area (TPSA) is 36.9 Å². The Kier molecular flexibility index (Phi) is 3.61. The van der Waals surface area contributed by atoms with Crippen molar-refractivity contribution in [3.8, 4) is 0 Å². The van der Waals surface area contributed by atoms with Crippen molar-refractivity contribution in [1.82, 2.24) is 0 Å². The minimum Gasteiger partial charge on any atom is -0.348 e. The summed E-state index contributed by atoms with van der Waals surface area (Å²) in [7, 11) is 0. The highest BCUT2D eigenvalue weighted by molar-refractivity contribution is 5.03. The molecule has 4 heteroatoms. The summed E-state index contributed by atoms with van der Waals surface area (Å²) in [6.07, 6.45) is 5.92. The molecule has 2 heterocycles. The van der Waals surface area contributed by atoms with Gasteiger partial charge < -0.3 is 18.9 Å². The Balaban J connectivity index is 1.56. The van der Waals surface area contributed by atoms with Gasteiger partial charge in [-0.25, -0.2) is 0 Å². The van der Waals surface area contributed by atoms with Crippen LogP contribution in [0.3, 0.4) is 0 Å². The maximum Gasteiger partial charge on any atom is 0.171 e. The molecular weight excluding hydrogens is 280 g/mol. The maximum absolute atomic E-state index is 6.09. The second kappa shape index (κ2) is 5.17.